The second-order valence-corrected chi connectivity index (χ2v) is 12.4. The Bertz CT molecular complexity index is 1860. The lowest BCUT2D eigenvalue weighted by molar-refractivity contribution is -0.189. The van der Waals surface area contributed by atoms with Crippen molar-refractivity contribution in [1.82, 2.24) is 20.3 Å². The van der Waals surface area contributed by atoms with Gasteiger partial charge in [-0.3, -0.25) is 10.1 Å². The molecule has 0 radical (unpaired) electrons. The minimum absolute atomic E-state index is 0.00143. The van der Waals surface area contributed by atoms with Crippen LogP contribution in [0.5, 0.6) is 5.75 Å². The summed E-state index contributed by atoms with van der Waals surface area (Å²) >= 11 is 1.04. The first-order chi connectivity index (χ1) is 22.0. The van der Waals surface area contributed by atoms with Gasteiger partial charge in [0.1, 0.15) is 17.3 Å². The minimum atomic E-state index is -5.46. The van der Waals surface area contributed by atoms with Crippen molar-refractivity contribution in [2.75, 3.05) is 22.1 Å². The summed E-state index contributed by atoms with van der Waals surface area (Å²) in [5.74, 6) is -7.05. The van der Waals surface area contributed by atoms with Crippen molar-refractivity contribution in [3.8, 4) is 17.0 Å². The number of hydrogen-bond acceptors (Lipinski definition) is 9. The van der Waals surface area contributed by atoms with Gasteiger partial charge in [-0.25, -0.2) is 33.2 Å². The number of hydrogen-bond donors (Lipinski definition) is 3. The number of esters is 1. The summed E-state index contributed by atoms with van der Waals surface area (Å²) in [7, 11) is 0. The average molecular weight is 676 g/mol. The first-order valence-electron chi connectivity index (χ1n) is 13.9. The highest BCUT2D eigenvalue weighted by Crippen LogP contribution is 2.44. The zero-order valence-electron chi connectivity index (χ0n) is 25.2. The van der Waals surface area contributed by atoms with Gasteiger partial charge in [0.05, 0.1) is 17.8 Å². The molecule has 5 rings (SSSR count). The summed E-state index contributed by atoms with van der Waals surface area (Å²) in [5.41, 5.74) is -1.83. The zero-order chi connectivity index (χ0) is 34.3. The number of urea groups is 1. The molecule has 2 aromatic carbocycles. The Morgan fingerprint density at radius 1 is 1.09 bits per heavy atom. The topological polar surface area (TPSA) is 138 Å². The lowest BCUT2D eigenvalue weighted by atomic mass is 9.95. The Labute approximate surface area is 268 Å². The number of alkyl halides is 3. The molecule has 0 bridgehead atoms. The molecule has 3 amide bonds. The molecule has 0 saturated heterocycles. The van der Waals surface area contributed by atoms with Crippen molar-refractivity contribution in [3.63, 3.8) is 0 Å². The maximum Gasteiger partial charge on any atom is 0.491 e. The van der Waals surface area contributed by atoms with E-state index in [4.69, 9.17) is 4.74 Å². The number of rotatable bonds is 7. The molecule has 0 aliphatic carbocycles. The Morgan fingerprint density at radius 3 is 2.40 bits per heavy atom. The SMILES string of the molecule is Cc1ccc(C(=O)Nc2nccs2)c(OC(=O)C(F)(F)F)c1-c1nc(NCC(C)(C)C)nc2c1CNC(=O)N2c1c(F)cccc1F. The van der Waals surface area contributed by atoms with E-state index in [2.05, 4.69) is 30.9 Å². The molecule has 0 unspecified atom stereocenters. The van der Waals surface area contributed by atoms with Gasteiger partial charge < -0.3 is 15.4 Å². The Balaban J connectivity index is 1.80. The lowest BCUT2D eigenvalue weighted by Gasteiger charge is -2.31. The van der Waals surface area contributed by atoms with E-state index in [9.17, 15) is 27.6 Å². The van der Waals surface area contributed by atoms with Crippen LogP contribution in [0.2, 0.25) is 0 Å². The van der Waals surface area contributed by atoms with Gasteiger partial charge >= 0.3 is 18.2 Å². The number of aromatic nitrogens is 3. The molecule has 17 heteroatoms. The van der Waals surface area contributed by atoms with Gasteiger partial charge in [-0.15, -0.1) is 11.3 Å². The number of carbonyl (C=O) groups is 3. The predicted molar refractivity (Wildman–Crippen MR) is 163 cm³/mol. The maximum absolute atomic E-state index is 15.1. The number of para-hydroxylation sites is 1. The number of aryl methyl sites for hydroxylation is 1. The van der Waals surface area contributed by atoms with Crippen LogP contribution in [-0.2, 0) is 11.3 Å². The molecule has 3 heterocycles. The van der Waals surface area contributed by atoms with Crippen LogP contribution >= 0.6 is 11.3 Å². The van der Waals surface area contributed by atoms with Crippen LogP contribution < -0.4 is 25.6 Å². The van der Waals surface area contributed by atoms with E-state index in [0.29, 0.717) is 4.90 Å². The van der Waals surface area contributed by atoms with E-state index in [0.717, 1.165) is 35.6 Å². The molecule has 2 aromatic heterocycles. The van der Waals surface area contributed by atoms with E-state index >= 15 is 8.78 Å². The van der Waals surface area contributed by atoms with Gasteiger partial charge in [0.2, 0.25) is 5.95 Å². The van der Waals surface area contributed by atoms with Crippen LogP contribution in [0, 0.1) is 24.0 Å². The average Bonchev–Trinajstić information content (AvgIpc) is 3.49. The van der Waals surface area contributed by atoms with E-state index < -0.39 is 52.7 Å². The second-order valence-electron chi connectivity index (χ2n) is 11.5. The summed E-state index contributed by atoms with van der Waals surface area (Å²) in [6.45, 7) is 7.02. The van der Waals surface area contributed by atoms with E-state index in [1.807, 2.05) is 20.8 Å². The third-order valence-electron chi connectivity index (χ3n) is 6.68. The first kappa shape index (κ1) is 33.2. The highest BCUT2D eigenvalue weighted by Gasteiger charge is 2.43. The van der Waals surface area contributed by atoms with Gasteiger partial charge in [-0.1, -0.05) is 32.9 Å². The highest BCUT2D eigenvalue weighted by atomic mass is 32.1. The Kier molecular flexibility index (Phi) is 8.85. The fourth-order valence-electron chi connectivity index (χ4n) is 4.56. The Morgan fingerprint density at radius 2 is 1.79 bits per heavy atom. The predicted octanol–water partition coefficient (Wildman–Crippen LogP) is 6.73. The van der Waals surface area contributed by atoms with Crippen molar-refractivity contribution in [1.29, 1.82) is 0 Å². The third kappa shape index (κ3) is 6.98. The standard InChI is InChI=1S/C30H26F5N7O4S/c1-14-8-9-15(24(43)41-27-36-10-11-47-27)22(46-25(44)30(33,34)35)19(14)20-16-12-37-28(45)42(21-17(31)6-5-7-18(21)32)23(16)40-26(39-20)38-13-29(2,3)4/h5-11H,12-13H2,1-4H3,(H,37,45)(H,36,41,43)(H,38,39,40). The largest absolute Gasteiger partial charge is 0.491 e. The molecule has 0 fully saturated rings. The zero-order valence-corrected chi connectivity index (χ0v) is 26.0. The molecule has 0 atom stereocenters. The number of carbonyl (C=O) groups excluding carboxylic acids is 3. The van der Waals surface area contributed by atoms with Gasteiger partial charge in [0.25, 0.3) is 5.91 Å². The highest BCUT2D eigenvalue weighted by molar-refractivity contribution is 7.13. The quantitative estimate of drug-likeness (QED) is 0.111. The van der Waals surface area contributed by atoms with E-state index in [1.165, 1.54) is 19.2 Å². The van der Waals surface area contributed by atoms with Crippen LogP contribution in [0.25, 0.3) is 11.3 Å². The summed E-state index contributed by atoms with van der Waals surface area (Å²) < 4.78 is 75.8. The molecule has 0 saturated carbocycles. The molecule has 3 N–H and O–H groups in total. The van der Waals surface area contributed by atoms with Crippen molar-refractivity contribution < 1.29 is 41.1 Å². The summed E-state index contributed by atoms with van der Waals surface area (Å²) in [6, 6.07) is 4.57. The molecule has 1 aliphatic rings. The van der Waals surface area contributed by atoms with Gasteiger partial charge in [0.15, 0.2) is 16.7 Å². The number of anilines is 4. The normalized spacial score (nSPS) is 13.1. The fourth-order valence-corrected chi connectivity index (χ4v) is 5.08. The fraction of sp³-hybridized carbons (Fsp3) is 0.267. The minimum Gasteiger partial charge on any atom is -0.418 e. The van der Waals surface area contributed by atoms with Crippen LogP contribution in [0.1, 0.15) is 42.3 Å². The van der Waals surface area contributed by atoms with Crippen LogP contribution in [-0.4, -0.2) is 45.6 Å². The number of ether oxygens (including phenoxy) is 1. The molecule has 1 aliphatic heterocycles. The van der Waals surface area contributed by atoms with Gasteiger partial charge in [-0.2, -0.15) is 18.2 Å². The number of halogens is 5. The molecule has 11 nitrogen and oxygen atoms in total. The number of amides is 3. The second kappa shape index (κ2) is 12.5. The van der Waals surface area contributed by atoms with E-state index in [-0.39, 0.29) is 57.8 Å². The number of benzene rings is 2. The molecular weight excluding hydrogens is 649 g/mol. The monoisotopic (exact) mass is 675 g/mol. The summed E-state index contributed by atoms with van der Waals surface area (Å²) in [4.78, 5) is 52.3. The van der Waals surface area contributed by atoms with Crippen molar-refractivity contribution in [3.05, 3.63) is 70.2 Å². The van der Waals surface area contributed by atoms with Gasteiger partial charge in [0, 0.05) is 29.2 Å². The molecule has 4 aromatic rings. The molecule has 0 spiro atoms. The number of fused-ring (bicyclic) bond motifs is 1. The number of thiazole rings is 1. The van der Waals surface area contributed by atoms with Crippen molar-refractivity contribution in [2.45, 2.75) is 40.4 Å². The van der Waals surface area contributed by atoms with Crippen LogP contribution in [0.4, 0.5) is 49.3 Å². The lowest BCUT2D eigenvalue weighted by Crippen LogP contribution is -2.43. The van der Waals surface area contributed by atoms with Crippen LogP contribution in [0.15, 0.2) is 41.9 Å². The summed E-state index contributed by atoms with van der Waals surface area (Å²) in [5, 5.41) is 9.58. The smallest absolute Gasteiger partial charge is 0.418 e. The molecule has 246 valence electrons. The van der Waals surface area contributed by atoms with E-state index in [1.54, 1.807) is 5.38 Å². The first-order valence-corrected chi connectivity index (χ1v) is 14.7. The number of nitrogens with zero attached hydrogens (tertiary/aromatic N) is 4. The van der Waals surface area contributed by atoms with Crippen LogP contribution in [0.3, 0.4) is 0 Å². The van der Waals surface area contributed by atoms with Crippen molar-refractivity contribution >= 4 is 51.8 Å². The summed E-state index contributed by atoms with van der Waals surface area (Å²) in [6.07, 6.45) is -4.06. The Hall–Kier alpha value is -5.19. The third-order valence-corrected chi connectivity index (χ3v) is 7.37. The molecular formula is C30H26F5N7O4S. The molecule has 47 heavy (non-hydrogen) atoms. The van der Waals surface area contributed by atoms with Crippen molar-refractivity contribution in [2.24, 2.45) is 5.41 Å². The maximum atomic E-state index is 15.1. The number of nitrogens with one attached hydrogen (secondary N) is 3. The van der Waals surface area contributed by atoms with Gasteiger partial charge in [-0.05, 0) is 36.1 Å².